The largest absolute Gasteiger partial charge is 0.494 e. The first-order valence-corrected chi connectivity index (χ1v) is 6.83. The molecule has 22 heavy (non-hydrogen) atoms. The highest BCUT2D eigenvalue weighted by molar-refractivity contribution is 5.26. The second-order valence-corrected chi connectivity index (χ2v) is 4.96. The van der Waals surface area contributed by atoms with E-state index in [-0.39, 0.29) is 6.54 Å². The van der Waals surface area contributed by atoms with E-state index < -0.39 is 17.3 Å². The van der Waals surface area contributed by atoms with Gasteiger partial charge in [-0.05, 0) is 31.5 Å². The summed E-state index contributed by atoms with van der Waals surface area (Å²) in [4.78, 5) is 11.6. The summed E-state index contributed by atoms with van der Waals surface area (Å²) < 4.78 is 44.3. The van der Waals surface area contributed by atoms with Crippen molar-refractivity contribution in [2.75, 3.05) is 6.61 Å². The summed E-state index contributed by atoms with van der Waals surface area (Å²) in [5.41, 5.74) is -0.169. The van der Waals surface area contributed by atoms with Crippen molar-refractivity contribution in [3.63, 3.8) is 0 Å². The van der Waals surface area contributed by atoms with Crippen LogP contribution in [-0.2, 0) is 12.7 Å². The second kappa shape index (κ2) is 6.68. The van der Waals surface area contributed by atoms with E-state index in [0.29, 0.717) is 18.8 Å². The third-order valence-corrected chi connectivity index (χ3v) is 3.14. The van der Waals surface area contributed by atoms with Crippen LogP contribution in [-0.4, -0.2) is 11.2 Å². The Labute approximate surface area is 126 Å². The number of alkyl halides is 3. The van der Waals surface area contributed by atoms with Gasteiger partial charge in [-0.3, -0.25) is 4.79 Å². The van der Waals surface area contributed by atoms with Crippen LogP contribution in [0.4, 0.5) is 13.2 Å². The zero-order valence-corrected chi connectivity index (χ0v) is 12.1. The van der Waals surface area contributed by atoms with E-state index in [1.54, 1.807) is 0 Å². The summed E-state index contributed by atoms with van der Waals surface area (Å²) in [6, 6.07) is 9.20. The molecule has 6 heteroatoms. The fourth-order valence-electron chi connectivity index (χ4n) is 1.93. The number of rotatable bonds is 5. The van der Waals surface area contributed by atoms with Crippen LogP contribution in [0, 0.1) is 6.92 Å². The van der Waals surface area contributed by atoms with Crippen LogP contribution in [0.2, 0.25) is 0 Å². The molecule has 1 aromatic heterocycles. The smallest absolute Gasteiger partial charge is 0.417 e. The Hall–Kier alpha value is -2.24. The summed E-state index contributed by atoms with van der Waals surface area (Å²) in [6.45, 7) is 2.46. The molecule has 0 radical (unpaired) electrons. The summed E-state index contributed by atoms with van der Waals surface area (Å²) in [7, 11) is 0. The van der Waals surface area contributed by atoms with Crippen LogP contribution < -0.4 is 10.3 Å². The molecule has 0 aliphatic rings. The molecule has 0 amide bonds. The number of hydrogen-bond donors (Lipinski definition) is 0. The van der Waals surface area contributed by atoms with Gasteiger partial charge >= 0.3 is 6.18 Å². The minimum absolute atomic E-state index is 0.175. The molecule has 3 nitrogen and oxygen atoms in total. The average molecular weight is 311 g/mol. The van der Waals surface area contributed by atoms with E-state index in [9.17, 15) is 18.0 Å². The SMILES string of the molecule is Cc1ccc(OCCCn2cc(C(F)(F)F)ccc2=O)cc1. The number of ether oxygens (including phenoxy) is 1. The Bertz CT molecular complexity index is 675. The Morgan fingerprint density at radius 3 is 2.41 bits per heavy atom. The maximum absolute atomic E-state index is 12.6. The average Bonchev–Trinajstić information content (AvgIpc) is 2.46. The molecule has 2 aromatic rings. The molecule has 1 aromatic carbocycles. The minimum Gasteiger partial charge on any atom is -0.494 e. The molecule has 0 aliphatic heterocycles. The zero-order valence-electron chi connectivity index (χ0n) is 12.1. The molecule has 0 N–H and O–H groups in total. The highest BCUT2D eigenvalue weighted by Gasteiger charge is 2.30. The lowest BCUT2D eigenvalue weighted by atomic mass is 10.2. The van der Waals surface area contributed by atoms with Gasteiger partial charge in [0.1, 0.15) is 5.75 Å². The van der Waals surface area contributed by atoms with Gasteiger partial charge in [-0.25, -0.2) is 0 Å². The van der Waals surface area contributed by atoms with E-state index in [1.165, 1.54) is 0 Å². The third kappa shape index (κ3) is 4.38. The predicted molar refractivity (Wildman–Crippen MR) is 77.0 cm³/mol. The number of halogens is 3. The lowest BCUT2D eigenvalue weighted by Gasteiger charge is -2.11. The maximum atomic E-state index is 12.6. The Morgan fingerprint density at radius 1 is 1.09 bits per heavy atom. The van der Waals surface area contributed by atoms with Gasteiger partial charge in [-0.2, -0.15) is 13.2 Å². The standard InChI is InChI=1S/C16H16F3NO2/c1-12-3-6-14(7-4-12)22-10-2-9-20-11-13(16(17,18)19)5-8-15(20)21/h3-8,11H,2,9-10H2,1H3. The number of aromatic nitrogens is 1. The molecule has 0 unspecified atom stereocenters. The predicted octanol–water partition coefficient (Wildman–Crippen LogP) is 3.64. The fraction of sp³-hybridized carbons (Fsp3) is 0.312. The van der Waals surface area contributed by atoms with Crippen LogP contribution in [0.15, 0.2) is 47.4 Å². The Kier molecular flexibility index (Phi) is 4.90. The number of hydrogen-bond acceptors (Lipinski definition) is 2. The molecule has 0 atom stereocenters. The van der Waals surface area contributed by atoms with Gasteiger partial charge < -0.3 is 9.30 Å². The number of nitrogens with zero attached hydrogens (tertiary/aromatic N) is 1. The number of pyridine rings is 1. The molecule has 0 bridgehead atoms. The van der Waals surface area contributed by atoms with Crippen LogP contribution in [0.3, 0.4) is 0 Å². The lowest BCUT2D eigenvalue weighted by molar-refractivity contribution is -0.138. The van der Waals surface area contributed by atoms with Crippen molar-refractivity contribution in [1.82, 2.24) is 4.57 Å². The molecule has 0 fully saturated rings. The van der Waals surface area contributed by atoms with E-state index in [1.807, 2.05) is 31.2 Å². The van der Waals surface area contributed by atoms with E-state index in [4.69, 9.17) is 4.74 Å². The second-order valence-electron chi connectivity index (χ2n) is 4.96. The summed E-state index contributed by atoms with van der Waals surface area (Å²) in [5.74, 6) is 0.696. The summed E-state index contributed by atoms with van der Waals surface area (Å²) in [5, 5.41) is 0. The Balaban J connectivity index is 1.91. The van der Waals surface area contributed by atoms with Gasteiger partial charge in [0.25, 0.3) is 5.56 Å². The van der Waals surface area contributed by atoms with Crippen molar-refractivity contribution < 1.29 is 17.9 Å². The minimum atomic E-state index is -4.45. The molecule has 2 rings (SSSR count). The van der Waals surface area contributed by atoms with Crippen LogP contribution in [0.5, 0.6) is 5.75 Å². The molecule has 1 heterocycles. The first kappa shape index (κ1) is 16.1. The maximum Gasteiger partial charge on any atom is 0.417 e. The Morgan fingerprint density at radius 2 is 1.77 bits per heavy atom. The quantitative estimate of drug-likeness (QED) is 0.789. The van der Waals surface area contributed by atoms with Crippen molar-refractivity contribution in [3.8, 4) is 5.75 Å². The lowest BCUT2D eigenvalue weighted by Crippen LogP contribution is -2.22. The van der Waals surface area contributed by atoms with Gasteiger partial charge in [0, 0.05) is 18.8 Å². The van der Waals surface area contributed by atoms with Crippen molar-refractivity contribution >= 4 is 0 Å². The first-order chi connectivity index (χ1) is 10.4. The molecular formula is C16H16F3NO2. The fourth-order valence-corrected chi connectivity index (χ4v) is 1.93. The molecule has 0 aliphatic carbocycles. The van der Waals surface area contributed by atoms with Gasteiger partial charge in [0.05, 0.1) is 12.2 Å². The van der Waals surface area contributed by atoms with E-state index >= 15 is 0 Å². The van der Waals surface area contributed by atoms with E-state index in [2.05, 4.69) is 0 Å². The molecule has 0 saturated carbocycles. The first-order valence-electron chi connectivity index (χ1n) is 6.83. The van der Waals surface area contributed by atoms with Crippen molar-refractivity contribution in [2.24, 2.45) is 0 Å². The van der Waals surface area contributed by atoms with Crippen molar-refractivity contribution in [2.45, 2.75) is 26.1 Å². The molecule has 0 spiro atoms. The van der Waals surface area contributed by atoms with Crippen molar-refractivity contribution in [1.29, 1.82) is 0 Å². The highest BCUT2D eigenvalue weighted by atomic mass is 19.4. The van der Waals surface area contributed by atoms with E-state index in [0.717, 1.165) is 28.5 Å². The normalized spacial score (nSPS) is 11.5. The zero-order chi connectivity index (χ0) is 16.2. The third-order valence-electron chi connectivity index (χ3n) is 3.14. The number of aryl methyl sites for hydroxylation is 2. The number of benzene rings is 1. The summed E-state index contributed by atoms with van der Waals surface area (Å²) >= 11 is 0. The highest BCUT2D eigenvalue weighted by Crippen LogP contribution is 2.28. The van der Waals surface area contributed by atoms with Gasteiger partial charge in [-0.1, -0.05) is 17.7 Å². The van der Waals surface area contributed by atoms with Gasteiger partial charge in [0.15, 0.2) is 0 Å². The van der Waals surface area contributed by atoms with Crippen LogP contribution in [0.1, 0.15) is 17.5 Å². The molecular weight excluding hydrogens is 295 g/mol. The van der Waals surface area contributed by atoms with Gasteiger partial charge in [0.2, 0.25) is 0 Å². The topological polar surface area (TPSA) is 31.2 Å². The summed E-state index contributed by atoms with van der Waals surface area (Å²) in [6.07, 6.45) is -3.17. The van der Waals surface area contributed by atoms with Crippen molar-refractivity contribution in [3.05, 3.63) is 64.1 Å². The van der Waals surface area contributed by atoms with Crippen LogP contribution in [0.25, 0.3) is 0 Å². The monoisotopic (exact) mass is 311 g/mol. The molecule has 0 saturated heterocycles. The van der Waals surface area contributed by atoms with Crippen LogP contribution >= 0.6 is 0 Å². The molecule has 118 valence electrons. The van der Waals surface area contributed by atoms with Gasteiger partial charge in [-0.15, -0.1) is 0 Å².